The number of amides is 2. The maximum atomic E-state index is 12.1. The Bertz CT molecular complexity index is 720. The van der Waals surface area contributed by atoms with E-state index in [1.165, 1.54) is 4.90 Å². The van der Waals surface area contributed by atoms with Crippen LogP contribution in [0.5, 0.6) is 0 Å². The second-order valence-corrected chi connectivity index (χ2v) is 6.14. The van der Waals surface area contributed by atoms with E-state index in [0.29, 0.717) is 23.0 Å². The Hall–Kier alpha value is -2.04. The lowest BCUT2D eigenvalue weighted by Gasteiger charge is -2.17. The topological polar surface area (TPSA) is 49.4 Å². The Morgan fingerprint density at radius 2 is 1.79 bits per heavy atom. The van der Waals surface area contributed by atoms with Crippen molar-refractivity contribution in [2.24, 2.45) is 0 Å². The molecule has 2 aromatic carbocycles. The molecule has 0 heterocycles. The Kier molecular flexibility index (Phi) is 6.64. The number of carbonyl (C=O) groups excluding carboxylic acids is 2. The van der Waals surface area contributed by atoms with Gasteiger partial charge in [-0.1, -0.05) is 47.5 Å². The summed E-state index contributed by atoms with van der Waals surface area (Å²) >= 11 is 11.9. The van der Waals surface area contributed by atoms with Crippen LogP contribution in [0.3, 0.4) is 0 Å². The van der Waals surface area contributed by atoms with Crippen molar-refractivity contribution in [2.75, 3.05) is 18.5 Å². The molecular formula is C18H18Cl2N2O2. The van der Waals surface area contributed by atoms with Crippen molar-refractivity contribution >= 4 is 40.7 Å². The van der Waals surface area contributed by atoms with Crippen molar-refractivity contribution in [3.05, 3.63) is 64.1 Å². The molecule has 0 atom stereocenters. The molecule has 0 unspecified atom stereocenters. The fraction of sp³-hybridized carbons (Fsp3) is 0.222. The third kappa shape index (κ3) is 5.25. The predicted molar refractivity (Wildman–Crippen MR) is 97.6 cm³/mol. The van der Waals surface area contributed by atoms with Gasteiger partial charge in [0.05, 0.1) is 0 Å². The minimum atomic E-state index is -0.312. The summed E-state index contributed by atoms with van der Waals surface area (Å²) in [6.07, 6.45) is 0.379. The standard InChI is InChI=1S/C18H18Cl2N2O2/c1-22(15-5-3-2-4-6-15)18(24)12-17(23)21-10-9-13-7-8-14(19)11-16(13)20/h2-8,11H,9-10,12H2,1H3,(H,21,23). The highest BCUT2D eigenvalue weighted by molar-refractivity contribution is 6.35. The lowest BCUT2D eigenvalue weighted by molar-refractivity contribution is -0.127. The van der Waals surface area contributed by atoms with E-state index >= 15 is 0 Å². The molecule has 0 fully saturated rings. The SMILES string of the molecule is CN(C(=O)CC(=O)NCCc1ccc(Cl)cc1Cl)c1ccccc1. The van der Waals surface area contributed by atoms with Crippen LogP contribution in [0.25, 0.3) is 0 Å². The van der Waals surface area contributed by atoms with Crippen LogP contribution in [0.15, 0.2) is 48.5 Å². The van der Waals surface area contributed by atoms with Crippen molar-refractivity contribution < 1.29 is 9.59 Å². The smallest absolute Gasteiger partial charge is 0.236 e. The molecule has 0 aliphatic carbocycles. The van der Waals surface area contributed by atoms with Gasteiger partial charge in [0.1, 0.15) is 6.42 Å². The van der Waals surface area contributed by atoms with Gasteiger partial charge in [0.2, 0.25) is 11.8 Å². The Morgan fingerprint density at radius 3 is 2.46 bits per heavy atom. The zero-order valence-corrected chi connectivity index (χ0v) is 14.8. The third-order valence-electron chi connectivity index (χ3n) is 3.56. The molecule has 0 saturated heterocycles. The molecular weight excluding hydrogens is 347 g/mol. The Balaban J connectivity index is 1.79. The van der Waals surface area contributed by atoms with Gasteiger partial charge >= 0.3 is 0 Å². The van der Waals surface area contributed by atoms with Gasteiger partial charge in [0.25, 0.3) is 0 Å². The van der Waals surface area contributed by atoms with E-state index in [1.807, 2.05) is 36.4 Å². The number of hydrogen-bond acceptors (Lipinski definition) is 2. The molecule has 2 rings (SSSR count). The van der Waals surface area contributed by atoms with Crippen LogP contribution in [0, 0.1) is 0 Å². The fourth-order valence-corrected chi connectivity index (χ4v) is 2.68. The molecule has 2 amide bonds. The summed E-state index contributed by atoms with van der Waals surface area (Å²) in [6.45, 7) is 0.405. The highest BCUT2D eigenvalue weighted by Crippen LogP contribution is 2.21. The molecule has 0 aliphatic rings. The van der Waals surface area contributed by atoms with Crippen LogP contribution in [0.2, 0.25) is 10.0 Å². The van der Waals surface area contributed by atoms with Crippen molar-refractivity contribution in [1.82, 2.24) is 5.32 Å². The normalized spacial score (nSPS) is 10.3. The minimum absolute atomic E-state index is 0.195. The van der Waals surface area contributed by atoms with Crippen LogP contribution < -0.4 is 10.2 Å². The van der Waals surface area contributed by atoms with E-state index in [4.69, 9.17) is 23.2 Å². The lowest BCUT2D eigenvalue weighted by atomic mass is 10.1. The molecule has 0 bridgehead atoms. The molecule has 0 aromatic heterocycles. The third-order valence-corrected chi connectivity index (χ3v) is 4.15. The number of nitrogens with one attached hydrogen (secondary N) is 1. The van der Waals surface area contributed by atoms with E-state index in [2.05, 4.69) is 5.32 Å². The number of nitrogens with zero attached hydrogens (tertiary/aromatic N) is 1. The summed E-state index contributed by atoms with van der Waals surface area (Å²) in [7, 11) is 1.65. The largest absolute Gasteiger partial charge is 0.355 e. The van der Waals surface area contributed by atoms with Crippen molar-refractivity contribution in [3.63, 3.8) is 0 Å². The molecule has 0 radical (unpaired) electrons. The van der Waals surface area contributed by atoms with Crippen LogP contribution >= 0.6 is 23.2 Å². The van der Waals surface area contributed by atoms with Gasteiger partial charge < -0.3 is 10.2 Å². The summed E-state index contributed by atoms with van der Waals surface area (Å²) in [5.41, 5.74) is 1.65. The summed E-state index contributed by atoms with van der Waals surface area (Å²) in [6, 6.07) is 14.4. The van der Waals surface area contributed by atoms with E-state index in [0.717, 1.165) is 11.3 Å². The van der Waals surface area contributed by atoms with Gasteiger partial charge in [-0.25, -0.2) is 0 Å². The van der Waals surface area contributed by atoms with Gasteiger partial charge in [-0.05, 0) is 36.2 Å². The maximum absolute atomic E-state index is 12.1. The molecule has 0 saturated carbocycles. The summed E-state index contributed by atoms with van der Waals surface area (Å²) in [4.78, 5) is 25.5. The number of halogens is 2. The Labute approximate surface area is 151 Å². The first-order chi connectivity index (χ1) is 11.5. The highest BCUT2D eigenvalue weighted by atomic mass is 35.5. The predicted octanol–water partition coefficient (Wildman–Crippen LogP) is 3.71. The van der Waals surface area contributed by atoms with E-state index in [-0.39, 0.29) is 18.2 Å². The van der Waals surface area contributed by atoms with E-state index in [9.17, 15) is 9.59 Å². The van der Waals surface area contributed by atoms with Crippen molar-refractivity contribution in [3.8, 4) is 0 Å². The van der Waals surface area contributed by atoms with Gasteiger partial charge in [0, 0.05) is 29.3 Å². The monoisotopic (exact) mass is 364 g/mol. The highest BCUT2D eigenvalue weighted by Gasteiger charge is 2.15. The number of benzene rings is 2. The second kappa shape index (κ2) is 8.71. The average molecular weight is 365 g/mol. The lowest BCUT2D eigenvalue weighted by Crippen LogP contribution is -2.34. The molecule has 126 valence electrons. The average Bonchev–Trinajstić information content (AvgIpc) is 2.57. The quantitative estimate of drug-likeness (QED) is 0.794. The zero-order chi connectivity index (χ0) is 17.5. The van der Waals surface area contributed by atoms with Gasteiger partial charge in [-0.15, -0.1) is 0 Å². The number of anilines is 1. The molecule has 0 spiro atoms. The molecule has 1 N–H and O–H groups in total. The van der Waals surface area contributed by atoms with Crippen LogP contribution in [-0.2, 0) is 16.0 Å². The molecule has 0 aliphatic heterocycles. The van der Waals surface area contributed by atoms with Gasteiger partial charge in [-0.3, -0.25) is 9.59 Å². The first-order valence-corrected chi connectivity index (χ1v) is 8.25. The molecule has 6 heteroatoms. The van der Waals surface area contributed by atoms with Gasteiger partial charge in [-0.2, -0.15) is 0 Å². The van der Waals surface area contributed by atoms with Crippen molar-refractivity contribution in [1.29, 1.82) is 0 Å². The first-order valence-electron chi connectivity index (χ1n) is 7.49. The number of hydrogen-bond donors (Lipinski definition) is 1. The summed E-state index contributed by atoms with van der Waals surface area (Å²) < 4.78 is 0. The van der Waals surface area contributed by atoms with E-state index in [1.54, 1.807) is 19.2 Å². The van der Waals surface area contributed by atoms with Crippen molar-refractivity contribution in [2.45, 2.75) is 12.8 Å². The zero-order valence-electron chi connectivity index (χ0n) is 13.3. The molecule has 2 aromatic rings. The van der Waals surface area contributed by atoms with Crippen LogP contribution in [-0.4, -0.2) is 25.4 Å². The molecule has 24 heavy (non-hydrogen) atoms. The number of carbonyl (C=O) groups is 2. The van der Waals surface area contributed by atoms with E-state index < -0.39 is 0 Å². The number of para-hydroxylation sites is 1. The first kappa shape index (κ1) is 18.3. The molecule has 4 nitrogen and oxygen atoms in total. The summed E-state index contributed by atoms with van der Waals surface area (Å²) in [5.74, 6) is -0.573. The van der Waals surface area contributed by atoms with Crippen LogP contribution in [0.4, 0.5) is 5.69 Å². The summed E-state index contributed by atoms with van der Waals surface area (Å²) in [5, 5.41) is 3.87. The minimum Gasteiger partial charge on any atom is -0.355 e. The van der Waals surface area contributed by atoms with Crippen LogP contribution in [0.1, 0.15) is 12.0 Å². The Morgan fingerprint density at radius 1 is 1.08 bits per heavy atom. The second-order valence-electron chi connectivity index (χ2n) is 5.30. The maximum Gasteiger partial charge on any atom is 0.236 e. The number of rotatable bonds is 6. The fourth-order valence-electron chi connectivity index (χ4n) is 2.18. The van der Waals surface area contributed by atoms with Gasteiger partial charge in [0.15, 0.2) is 0 Å².